The van der Waals surface area contributed by atoms with Crippen molar-refractivity contribution in [3.8, 4) is 5.75 Å². The molecule has 1 aliphatic heterocycles. The second kappa shape index (κ2) is 2.99. The first kappa shape index (κ1) is 8.78. The highest BCUT2D eigenvalue weighted by atomic mass is 16.5. The van der Waals surface area contributed by atoms with Crippen molar-refractivity contribution in [2.75, 3.05) is 0 Å². The predicted molar refractivity (Wildman–Crippen MR) is 62.5 cm³/mol. The summed E-state index contributed by atoms with van der Waals surface area (Å²) < 4.78 is 5.75. The van der Waals surface area contributed by atoms with Crippen LogP contribution in [-0.2, 0) is 6.42 Å². The van der Waals surface area contributed by atoms with Crippen molar-refractivity contribution >= 4 is 10.8 Å². The highest BCUT2D eigenvalue weighted by Crippen LogP contribution is 2.35. The Labute approximate surface area is 89.7 Å². The number of aryl methyl sites for hydroxylation is 1. The van der Waals surface area contributed by atoms with E-state index in [-0.39, 0.29) is 0 Å². The first-order valence-electron chi connectivity index (χ1n) is 5.43. The van der Waals surface area contributed by atoms with Gasteiger partial charge in [0.2, 0.25) is 0 Å². The van der Waals surface area contributed by atoms with Crippen LogP contribution in [0.3, 0.4) is 0 Å². The smallest absolute Gasteiger partial charge is 0.123 e. The lowest BCUT2D eigenvalue weighted by Gasteiger charge is -2.04. The summed E-state index contributed by atoms with van der Waals surface area (Å²) in [5.41, 5.74) is 2.69. The molecule has 1 aliphatic rings. The van der Waals surface area contributed by atoms with Crippen LogP contribution in [0, 0.1) is 6.92 Å². The largest absolute Gasteiger partial charge is 0.490 e. The standard InChI is InChI=1S/C14H14O/c1-9-3-5-12-11(7-9)4-6-14-13(12)8-10(2)15-14/h3-7,10H,8H2,1-2H3. The summed E-state index contributed by atoms with van der Waals surface area (Å²) in [5.74, 6) is 1.07. The summed E-state index contributed by atoms with van der Waals surface area (Å²) in [6, 6.07) is 10.9. The third-order valence-corrected chi connectivity index (χ3v) is 3.06. The SMILES string of the molecule is Cc1ccc2c3c(ccc2c1)OC(C)C3. The lowest BCUT2D eigenvalue weighted by Crippen LogP contribution is -2.05. The first-order valence-corrected chi connectivity index (χ1v) is 5.43. The monoisotopic (exact) mass is 198 g/mol. The molecular formula is C14H14O. The molecule has 2 aromatic rings. The van der Waals surface area contributed by atoms with Gasteiger partial charge in [-0.25, -0.2) is 0 Å². The van der Waals surface area contributed by atoms with Gasteiger partial charge in [-0.1, -0.05) is 29.8 Å². The quantitative estimate of drug-likeness (QED) is 0.629. The summed E-state index contributed by atoms with van der Waals surface area (Å²) in [6.07, 6.45) is 1.36. The van der Waals surface area contributed by atoms with Crippen LogP contribution in [0.25, 0.3) is 10.8 Å². The molecule has 0 bridgehead atoms. The van der Waals surface area contributed by atoms with E-state index in [9.17, 15) is 0 Å². The maximum absolute atomic E-state index is 5.75. The van der Waals surface area contributed by atoms with Gasteiger partial charge in [0.1, 0.15) is 11.9 Å². The van der Waals surface area contributed by atoms with Gasteiger partial charge < -0.3 is 4.74 Å². The van der Waals surface area contributed by atoms with Crippen molar-refractivity contribution in [1.82, 2.24) is 0 Å². The molecule has 0 saturated carbocycles. The van der Waals surface area contributed by atoms with E-state index in [2.05, 4.69) is 44.2 Å². The van der Waals surface area contributed by atoms with Crippen LogP contribution in [0.5, 0.6) is 5.75 Å². The van der Waals surface area contributed by atoms with Gasteiger partial charge in [-0.05, 0) is 30.7 Å². The van der Waals surface area contributed by atoms with Gasteiger partial charge in [-0.2, -0.15) is 0 Å². The summed E-state index contributed by atoms with van der Waals surface area (Å²) in [7, 11) is 0. The molecule has 0 saturated heterocycles. The van der Waals surface area contributed by atoms with Gasteiger partial charge in [-0.15, -0.1) is 0 Å². The Kier molecular flexibility index (Phi) is 1.75. The van der Waals surface area contributed by atoms with E-state index in [1.54, 1.807) is 0 Å². The van der Waals surface area contributed by atoms with Crippen LogP contribution >= 0.6 is 0 Å². The molecule has 76 valence electrons. The van der Waals surface area contributed by atoms with E-state index in [0.717, 1.165) is 12.2 Å². The highest BCUT2D eigenvalue weighted by molar-refractivity contribution is 5.88. The van der Waals surface area contributed by atoms with Gasteiger partial charge in [0.05, 0.1) is 0 Å². The number of hydrogen-bond donors (Lipinski definition) is 0. The zero-order valence-corrected chi connectivity index (χ0v) is 9.08. The van der Waals surface area contributed by atoms with Crippen molar-refractivity contribution in [3.05, 3.63) is 41.5 Å². The predicted octanol–water partition coefficient (Wildman–Crippen LogP) is 3.47. The molecule has 2 aromatic carbocycles. The number of hydrogen-bond acceptors (Lipinski definition) is 1. The molecule has 1 nitrogen and oxygen atoms in total. The van der Waals surface area contributed by atoms with Gasteiger partial charge in [0.25, 0.3) is 0 Å². The van der Waals surface area contributed by atoms with Crippen molar-refractivity contribution in [2.24, 2.45) is 0 Å². The number of benzene rings is 2. The summed E-state index contributed by atoms with van der Waals surface area (Å²) in [5, 5.41) is 2.67. The number of ether oxygens (including phenoxy) is 1. The minimum Gasteiger partial charge on any atom is -0.490 e. The maximum atomic E-state index is 5.75. The van der Waals surface area contributed by atoms with E-state index in [4.69, 9.17) is 4.74 Å². The van der Waals surface area contributed by atoms with Crippen molar-refractivity contribution < 1.29 is 4.74 Å². The van der Waals surface area contributed by atoms with Gasteiger partial charge >= 0.3 is 0 Å². The molecule has 3 rings (SSSR count). The fourth-order valence-corrected chi connectivity index (χ4v) is 2.36. The van der Waals surface area contributed by atoms with Crippen LogP contribution in [0.15, 0.2) is 30.3 Å². The zero-order chi connectivity index (χ0) is 10.4. The average molecular weight is 198 g/mol. The molecule has 0 spiro atoms. The Hall–Kier alpha value is -1.50. The van der Waals surface area contributed by atoms with Gasteiger partial charge in [0, 0.05) is 12.0 Å². The lowest BCUT2D eigenvalue weighted by atomic mass is 10.00. The van der Waals surface area contributed by atoms with E-state index >= 15 is 0 Å². The lowest BCUT2D eigenvalue weighted by molar-refractivity contribution is 0.254. The van der Waals surface area contributed by atoms with Crippen molar-refractivity contribution in [1.29, 1.82) is 0 Å². The van der Waals surface area contributed by atoms with Gasteiger partial charge in [0.15, 0.2) is 0 Å². The van der Waals surface area contributed by atoms with Crippen LogP contribution in [0.4, 0.5) is 0 Å². The van der Waals surface area contributed by atoms with Crippen LogP contribution in [0.1, 0.15) is 18.1 Å². The fraction of sp³-hybridized carbons (Fsp3) is 0.286. The molecule has 1 heterocycles. The molecule has 15 heavy (non-hydrogen) atoms. The number of rotatable bonds is 0. The van der Waals surface area contributed by atoms with Gasteiger partial charge in [-0.3, -0.25) is 0 Å². The van der Waals surface area contributed by atoms with Crippen LogP contribution in [0.2, 0.25) is 0 Å². The Bertz CT molecular complexity index is 528. The fourth-order valence-electron chi connectivity index (χ4n) is 2.36. The second-order valence-electron chi connectivity index (χ2n) is 4.40. The Morgan fingerprint density at radius 1 is 1.20 bits per heavy atom. The normalized spacial score (nSPS) is 18.9. The third-order valence-electron chi connectivity index (χ3n) is 3.06. The van der Waals surface area contributed by atoms with Crippen molar-refractivity contribution in [3.63, 3.8) is 0 Å². The molecule has 0 aromatic heterocycles. The first-order chi connectivity index (χ1) is 7.24. The average Bonchev–Trinajstić information content (AvgIpc) is 2.58. The molecule has 0 N–H and O–H groups in total. The summed E-state index contributed by atoms with van der Waals surface area (Å²) in [4.78, 5) is 0. The molecular weight excluding hydrogens is 184 g/mol. The molecule has 1 heteroatoms. The van der Waals surface area contributed by atoms with Crippen LogP contribution in [-0.4, -0.2) is 6.10 Å². The van der Waals surface area contributed by atoms with Crippen molar-refractivity contribution in [2.45, 2.75) is 26.4 Å². The minimum absolute atomic E-state index is 0.326. The molecule has 0 aliphatic carbocycles. The minimum atomic E-state index is 0.326. The third kappa shape index (κ3) is 1.30. The zero-order valence-electron chi connectivity index (χ0n) is 9.08. The highest BCUT2D eigenvalue weighted by Gasteiger charge is 2.20. The van der Waals surface area contributed by atoms with E-state index < -0.39 is 0 Å². The molecule has 1 atom stereocenters. The molecule has 0 radical (unpaired) electrons. The summed E-state index contributed by atoms with van der Waals surface area (Å²) in [6.45, 7) is 4.26. The molecule has 1 unspecified atom stereocenters. The topological polar surface area (TPSA) is 9.23 Å². The van der Waals surface area contributed by atoms with E-state index in [1.165, 1.54) is 21.9 Å². The maximum Gasteiger partial charge on any atom is 0.123 e. The van der Waals surface area contributed by atoms with E-state index in [0.29, 0.717) is 6.10 Å². The summed E-state index contributed by atoms with van der Waals surface area (Å²) >= 11 is 0. The molecule has 0 amide bonds. The Morgan fingerprint density at radius 2 is 2.07 bits per heavy atom. The number of fused-ring (bicyclic) bond motifs is 3. The Morgan fingerprint density at radius 3 is 2.93 bits per heavy atom. The van der Waals surface area contributed by atoms with Crippen LogP contribution < -0.4 is 4.74 Å². The Balaban J connectivity index is 2.31. The molecule has 0 fully saturated rings. The van der Waals surface area contributed by atoms with E-state index in [1.807, 2.05) is 0 Å². The second-order valence-corrected chi connectivity index (χ2v) is 4.40.